The predicted molar refractivity (Wildman–Crippen MR) is 105 cm³/mol. The average molecular weight is 396 g/mol. The Balaban J connectivity index is 1.63. The molecular formula is C19H20N6O4. The molecule has 1 fully saturated rings. The Labute approximate surface area is 166 Å². The van der Waals surface area contributed by atoms with Crippen LogP contribution in [0.25, 0.3) is 22.6 Å². The van der Waals surface area contributed by atoms with Crippen molar-refractivity contribution in [3.8, 4) is 17.3 Å². The number of benzene rings is 1. The molecule has 2 amide bonds. The number of likely N-dealkylation sites (tertiary alicyclic amines) is 1. The van der Waals surface area contributed by atoms with Crippen LogP contribution in [-0.4, -0.2) is 60.7 Å². The number of fused-ring (bicyclic) bond motifs is 1. The third-order valence-electron chi connectivity index (χ3n) is 4.78. The SMILES string of the molecule is CC(=O)Nc1ccc(-c2nc3c(OC4CCN(C(=O)O)C4)ncnc3n2C)cc1. The molecule has 1 aromatic carbocycles. The fourth-order valence-corrected chi connectivity index (χ4v) is 3.38. The molecule has 29 heavy (non-hydrogen) atoms. The van der Waals surface area contributed by atoms with Gasteiger partial charge in [-0.2, -0.15) is 4.98 Å². The van der Waals surface area contributed by atoms with E-state index in [1.54, 1.807) is 12.1 Å². The Kier molecular flexibility index (Phi) is 4.75. The molecule has 1 unspecified atom stereocenters. The van der Waals surface area contributed by atoms with E-state index in [1.165, 1.54) is 18.2 Å². The monoisotopic (exact) mass is 396 g/mol. The van der Waals surface area contributed by atoms with Gasteiger partial charge in [0.1, 0.15) is 18.3 Å². The van der Waals surface area contributed by atoms with E-state index in [1.807, 2.05) is 23.7 Å². The Morgan fingerprint density at radius 2 is 2.00 bits per heavy atom. The van der Waals surface area contributed by atoms with E-state index < -0.39 is 6.09 Å². The van der Waals surface area contributed by atoms with Crippen molar-refractivity contribution in [3.63, 3.8) is 0 Å². The van der Waals surface area contributed by atoms with Crippen LogP contribution in [0.3, 0.4) is 0 Å². The largest absolute Gasteiger partial charge is 0.471 e. The number of carboxylic acid groups (broad SMARTS) is 1. The minimum atomic E-state index is -0.952. The van der Waals surface area contributed by atoms with Gasteiger partial charge in [0.25, 0.3) is 0 Å². The number of nitrogens with zero attached hydrogens (tertiary/aromatic N) is 5. The molecule has 2 N–H and O–H groups in total. The smallest absolute Gasteiger partial charge is 0.407 e. The summed E-state index contributed by atoms with van der Waals surface area (Å²) in [7, 11) is 1.85. The number of carbonyl (C=O) groups is 2. The first-order chi connectivity index (χ1) is 13.9. The molecule has 150 valence electrons. The van der Waals surface area contributed by atoms with E-state index in [0.29, 0.717) is 48.1 Å². The van der Waals surface area contributed by atoms with Crippen LogP contribution < -0.4 is 10.1 Å². The van der Waals surface area contributed by atoms with E-state index in [9.17, 15) is 9.59 Å². The molecule has 0 bridgehead atoms. The van der Waals surface area contributed by atoms with Crippen molar-refractivity contribution >= 4 is 28.9 Å². The highest BCUT2D eigenvalue weighted by Gasteiger charge is 2.28. The average Bonchev–Trinajstić information content (AvgIpc) is 3.28. The van der Waals surface area contributed by atoms with Gasteiger partial charge in [0.2, 0.25) is 11.8 Å². The van der Waals surface area contributed by atoms with Gasteiger partial charge in [-0.05, 0) is 24.3 Å². The molecule has 1 aliphatic heterocycles. The minimum absolute atomic E-state index is 0.133. The van der Waals surface area contributed by atoms with Gasteiger partial charge in [0, 0.05) is 38.2 Å². The van der Waals surface area contributed by atoms with Crippen molar-refractivity contribution in [1.82, 2.24) is 24.4 Å². The lowest BCUT2D eigenvalue weighted by atomic mass is 10.2. The van der Waals surface area contributed by atoms with Gasteiger partial charge >= 0.3 is 6.09 Å². The summed E-state index contributed by atoms with van der Waals surface area (Å²) < 4.78 is 7.80. The molecule has 1 saturated heterocycles. The number of ether oxygens (including phenoxy) is 1. The highest BCUT2D eigenvalue weighted by atomic mass is 16.5. The molecule has 0 saturated carbocycles. The standard InChI is InChI=1S/C19H20N6O4/c1-11(26)22-13-5-3-12(4-6-13)16-23-15-17(24(16)2)20-10-21-18(15)29-14-7-8-25(9-14)19(27)28/h3-6,10,14H,7-9H2,1-2H3,(H,22,26)(H,27,28). The Bertz CT molecular complexity index is 1080. The Morgan fingerprint density at radius 1 is 1.24 bits per heavy atom. The number of hydrogen-bond donors (Lipinski definition) is 2. The molecule has 2 aromatic heterocycles. The Hall–Kier alpha value is -3.69. The topological polar surface area (TPSA) is 122 Å². The summed E-state index contributed by atoms with van der Waals surface area (Å²) in [6.45, 7) is 2.19. The number of imidazole rings is 1. The van der Waals surface area contributed by atoms with E-state index in [2.05, 4.69) is 20.3 Å². The van der Waals surface area contributed by atoms with Gasteiger partial charge in [-0.3, -0.25) is 4.79 Å². The maximum absolute atomic E-state index is 11.2. The van der Waals surface area contributed by atoms with Crippen molar-refractivity contribution in [2.24, 2.45) is 7.05 Å². The summed E-state index contributed by atoms with van der Waals surface area (Å²) in [5, 5.41) is 11.8. The predicted octanol–water partition coefficient (Wildman–Crippen LogP) is 2.12. The molecule has 1 atom stereocenters. The van der Waals surface area contributed by atoms with Crippen LogP contribution in [0.1, 0.15) is 13.3 Å². The minimum Gasteiger partial charge on any atom is -0.471 e. The maximum Gasteiger partial charge on any atom is 0.407 e. The molecule has 0 aliphatic carbocycles. The van der Waals surface area contributed by atoms with E-state index >= 15 is 0 Å². The van der Waals surface area contributed by atoms with Crippen LogP contribution in [0.15, 0.2) is 30.6 Å². The lowest BCUT2D eigenvalue weighted by molar-refractivity contribution is -0.114. The molecule has 10 heteroatoms. The molecule has 3 aromatic rings. The summed E-state index contributed by atoms with van der Waals surface area (Å²) in [5.41, 5.74) is 2.69. The molecule has 1 aliphatic rings. The summed E-state index contributed by atoms with van der Waals surface area (Å²) in [6, 6.07) is 7.33. The number of hydrogen-bond acceptors (Lipinski definition) is 6. The van der Waals surface area contributed by atoms with Crippen molar-refractivity contribution < 1.29 is 19.4 Å². The molecule has 4 rings (SSSR count). The molecule has 0 radical (unpaired) electrons. The van der Waals surface area contributed by atoms with Gasteiger partial charge in [-0.1, -0.05) is 0 Å². The van der Waals surface area contributed by atoms with E-state index in [-0.39, 0.29) is 12.0 Å². The summed E-state index contributed by atoms with van der Waals surface area (Å²) in [4.78, 5) is 36.8. The molecular weight excluding hydrogens is 376 g/mol. The fraction of sp³-hybridized carbons (Fsp3) is 0.316. The summed E-state index contributed by atoms with van der Waals surface area (Å²) in [5.74, 6) is 0.883. The molecule has 10 nitrogen and oxygen atoms in total. The van der Waals surface area contributed by atoms with E-state index in [0.717, 1.165) is 5.56 Å². The second-order valence-electron chi connectivity index (χ2n) is 6.86. The fourth-order valence-electron chi connectivity index (χ4n) is 3.38. The second-order valence-corrected chi connectivity index (χ2v) is 6.86. The lowest BCUT2D eigenvalue weighted by Gasteiger charge is -2.13. The van der Waals surface area contributed by atoms with Crippen molar-refractivity contribution in [2.45, 2.75) is 19.4 Å². The zero-order chi connectivity index (χ0) is 20.5. The summed E-state index contributed by atoms with van der Waals surface area (Å²) in [6.07, 6.45) is 0.785. The van der Waals surface area contributed by atoms with Crippen molar-refractivity contribution in [1.29, 1.82) is 0 Å². The van der Waals surface area contributed by atoms with E-state index in [4.69, 9.17) is 9.84 Å². The van der Waals surface area contributed by atoms with Gasteiger partial charge in [0.15, 0.2) is 11.2 Å². The van der Waals surface area contributed by atoms with Gasteiger partial charge in [-0.25, -0.2) is 14.8 Å². The highest BCUT2D eigenvalue weighted by molar-refractivity contribution is 5.89. The number of aryl methyl sites for hydroxylation is 1. The molecule has 3 heterocycles. The number of amides is 2. The van der Waals surface area contributed by atoms with Crippen LogP contribution in [0, 0.1) is 0 Å². The van der Waals surface area contributed by atoms with Crippen LogP contribution in [-0.2, 0) is 11.8 Å². The first-order valence-corrected chi connectivity index (χ1v) is 9.12. The van der Waals surface area contributed by atoms with Gasteiger partial charge in [0.05, 0.1) is 6.54 Å². The third kappa shape index (κ3) is 3.68. The first-order valence-electron chi connectivity index (χ1n) is 9.12. The van der Waals surface area contributed by atoms with Crippen LogP contribution >= 0.6 is 0 Å². The van der Waals surface area contributed by atoms with Crippen LogP contribution in [0.5, 0.6) is 5.88 Å². The van der Waals surface area contributed by atoms with Gasteiger partial charge < -0.3 is 24.6 Å². The Morgan fingerprint density at radius 3 is 2.66 bits per heavy atom. The second kappa shape index (κ2) is 7.38. The normalized spacial score (nSPS) is 16.2. The maximum atomic E-state index is 11.2. The zero-order valence-electron chi connectivity index (χ0n) is 16.0. The summed E-state index contributed by atoms with van der Waals surface area (Å²) >= 11 is 0. The first kappa shape index (κ1) is 18.7. The van der Waals surface area contributed by atoms with Crippen LogP contribution in [0.2, 0.25) is 0 Å². The van der Waals surface area contributed by atoms with Crippen molar-refractivity contribution in [3.05, 3.63) is 30.6 Å². The zero-order valence-corrected chi connectivity index (χ0v) is 16.0. The number of anilines is 1. The number of nitrogens with one attached hydrogen (secondary N) is 1. The van der Waals surface area contributed by atoms with Crippen molar-refractivity contribution in [2.75, 3.05) is 18.4 Å². The highest BCUT2D eigenvalue weighted by Crippen LogP contribution is 2.29. The van der Waals surface area contributed by atoms with Gasteiger partial charge in [-0.15, -0.1) is 0 Å². The quantitative estimate of drug-likeness (QED) is 0.692. The number of carbonyl (C=O) groups excluding carboxylic acids is 1. The third-order valence-corrected chi connectivity index (χ3v) is 4.78. The number of rotatable bonds is 4. The molecule has 0 spiro atoms. The van der Waals surface area contributed by atoms with Crippen LogP contribution in [0.4, 0.5) is 10.5 Å². The number of aromatic nitrogens is 4. The lowest BCUT2D eigenvalue weighted by Crippen LogP contribution is -2.29.